The Kier molecular flexibility index (Phi) is 3.93. The molecule has 0 radical (unpaired) electrons. The second-order valence-corrected chi connectivity index (χ2v) is 6.58. The predicted molar refractivity (Wildman–Crippen MR) is 102 cm³/mol. The Hall–Kier alpha value is -2.85. The number of fused-ring (bicyclic) bond motifs is 3. The maximum atomic E-state index is 13.4. The van der Waals surface area contributed by atoms with Crippen molar-refractivity contribution in [2.24, 2.45) is 0 Å². The number of esters is 1. The molecular formula is C21H16ClNO3. The normalized spacial score (nSPS) is 18.5. The number of benzene rings is 3. The van der Waals surface area contributed by atoms with E-state index in [0.717, 1.165) is 10.8 Å². The first kappa shape index (κ1) is 16.6. The lowest BCUT2D eigenvalue weighted by Crippen LogP contribution is -2.47. The fraction of sp³-hybridized carbons (Fsp3) is 0.143. The molecule has 0 spiro atoms. The molecule has 5 heteroatoms. The minimum Gasteiger partial charge on any atom is -0.464 e. The smallest absolute Gasteiger partial charge is 0.344 e. The summed E-state index contributed by atoms with van der Waals surface area (Å²) in [4.78, 5) is 26.3. The van der Waals surface area contributed by atoms with Crippen LogP contribution in [-0.4, -0.2) is 18.4 Å². The van der Waals surface area contributed by atoms with Crippen molar-refractivity contribution in [3.8, 4) is 0 Å². The van der Waals surface area contributed by atoms with Crippen LogP contribution in [-0.2, 0) is 15.1 Å². The van der Waals surface area contributed by atoms with E-state index in [-0.39, 0.29) is 12.4 Å². The third-order valence-corrected chi connectivity index (χ3v) is 4.94. The van der Waals surface area contributed by atoms with Crippen LogP contribution in [0.25, 0.3) is 10.8 Å². The number of anilines is 1. The zero-order valence-electron chi connectivity index (χ0n) is 14.1. The van der Waals surface area contributed by atoms with Crippen LogP contribution < -0.4 is 5.32 Å². The Morgan fingerprint density at radius 2 is 1.81 bits per heavy atom. The summed E-state index contributed by atoms with van der Waals surface area (Å²) in [6, 6.07) is 18.1. The molecule has 0 unspecified atom stereocenters. The summed E-state index contributed by atoms with van der Waals surface area (Å²) in [7, 11) is 0. The maximum absolute atomic E-state index is 13.4. The van der Waals surface area contributed by atoms with Gasteiger partial charge in [0.25, 0.3) is 0 Å². The lowest BCUT2D eigenvalue weighted by Gasteiger charge is -2.26. The van der Waals surface area contributed by atoms with E-state index in [1.165, 1.54) is 0 Å². The Morgan fingerprint density at radius 3 is 2.54 bits per heavy atom. The summed E-state index contributed by atoms with van der Waals surface area (Å²) in [5.41, 5.74) is 0.0287. The Bertz CT molecular complexity index is 1030. The largest absolute Gasteiger partial charge is 0.464 e. The van der Waals surface area contributed by atoms with Gasteiger partial charge in [-0.05, 0) is 36.1 Å². The van der Waals surface area contributed by atoms with Crippen LogP contribution in [0.1, 0.15) is 22.8 Å². The molecule has 0 saturated heterocycles. The van der Waals surface area contributed by atoms with Gasteiger partial charge in [0.2, 0.25) is 11.3 Å². The van der Waals surface area contributed by atoms with Gasteiger partial charge in [0, 0.05) is 16.0 Å². The molecule has 1 aliphatic heterocycles. The van der Waals surface area contributed by atoms with Crippen molar-refractivity contribution < 1.29 is 14.3 Å². The van der Waals surface area contributed by atoms with Crippen molar-refractivity contribution in [3.05, 3.63) is 76.8 Å². The summed E-state index contributed by atoms with van der Waals surface area (Å²) < 4.78 is 5.27. The van der Waals surface area contributed by atoms with Crippen molar-refractivity contribution in [1.29, 1.82) is 0 Å². The summed E-state index contributed by atoms with van der Waals surface area (Å²) in [5.74, 6) is -0.938. The summed E-state index contributed by atoms with van der Waals surface area (Å²) in [5, 5.41) is 5.60. The number of ether oxygens (including phenoxy) is 1. The van der Waals surface area contributed by atoms with E-state index in [0.29, 0.717) is 21.8 Å². The number of halogens is 1. The van der Waals surface area contributed by atoms with E-state index in [2.05, 4.69) is 5.32 Å². The predicted octanol–water partition coefficient (Wildman–Crippen LogP) is 4.56. The molecule has 0 fully saturated rings. The first-order valence-electron chi connectivity index (χ1n) is 8.36. The third kappa shape index (κ3) is 2.30. The number of nitrogens with one attached hydrogen (secondary N) is 1. The summed E-state index contributed by atoms with van der Waals surface area (Å²) in [6.45, 7) is 1.90. The van der Waals surface area contributed by atoms with E-state index < -0.39 is 11.5 Å². The Balaban J connectivity index is 1.95. The molecule has 3 aromatic rings. The highest BCUT2D eigenvalue weighted by atomic mass is 35.5. The average Bonchev–Trinajstić information content (AvgIpc) is 2.97. The number of hydrogen-bond donors (Lipinski definition) is 1. The first-order chi connectivity index (χ1) is 12.6. The molecule has 0 saturated carbocycles. The van der Waals surface area contributed by atoms with E-state index in [4.69, 9.17) is 16.3 Å². The van der Waals surface area contributed by atoms with Gasteiger partial charge in [-0.2, -0.15) is 0 Å². The van der Waals surface area contributed by atoms with E-state index >= 15 is 0 Å². The fourth-order valence-electron chi connectivity index (χ4n) is 3.45. The van der Waals surface area contributed by atoms with Crippen LogP contribution in [0.15, 0.2) is 60.7 Å². The monoisotopic (exact) mass is 365 g/mol. The molecule has 0 bridgehead atoms. The Labute approximate surface area is 155 Å². The van der Waals surface area contributed by atoms with Gasteiger partial charge in [-0.15, -0.1) is 0 Å². The average molecular weight is 366 g/mol. The lowest BCUT2D eigenvalue weighted by molar-refractivity contribution is -0.146. The number of carbonyl (C=O) groups excluding carboxylic acids is 2. The van der Waals surface area contributed by atoms with Crippen LogP contribution >= 0.6 is 11.6 Å². The first-order valence-corrected chi connectivity index (χ1v) is 8.73. The highest BCUT2D eigenvalue weighted by molar-refractivity contribution is 6.31. The van der Waals surface area contributed by atoms with Gasteiger partial charge in [-0.25, -0.2) is 4.79 Å². The van der Waals surface area contributed by atoms with E-state index in [1.54, 1.807) is 37.3 Å². The number of rotatable bonds is 3. The minimum absolute atomic E-state index is 0.181. The second kappa shape index (κ2) is 6.15. The summed E-state index contributed by atoms with van der Waals surface area (Å²) >= 11 is 5.99. The fourth-order valence-corrected chi connectivity index (χ4v) is 3.57. The van der Waals surface area contributed by atoms with Gasteiger partial charge in [0.05, 0.1) is 12.3 Å². The topological polar surface area (TPSA) is 55.4 Å². The SMILES string of the molecule is CCOC(=O)[C@]1(c2ccc(Cl)cc2)Nc2c(ccc3ccccc23)C1=O. The van der Waals surface area contributed by atoms with Crippen LogP contribution in [0.4, 0.5) is 5.69 Å². The zero-order chi connectivity index (χ0) is 18.3. The molecule has 0 aromatic heterocycles. The van der Waals surface area contributed by atoms with Crippen LogP contribution in [0, 0.1) is 0 Å². The Morgan fingerprint density at radius 1 is 1.08 bits per heavy atom. The van der Waals surface area contributed by atoms with Crippen LogP contribution in [0.5, 0.6) is 0 Å². The van der Waals surface area contributed by atoms with Crippen molar-refractivity contribution in [2.75, 3.05) is 11.9 Å². The number of carbonyl (C=O) groups is 2. The van der Waals surface area contributed by atoms with Crippen LogP contribution in [0.3, 0.4) is 0 Å². The molecular weight excluding hydrogens is 350 g/mol. The molecule has 4 rings (SSSR count). The molecule has 1 atom stereocenters. The van der Waals surface area contributed by atoms with Gasteiger partial charge in [-0.3, -0.25) is 4.79 Å². The van der Waals surface area contributed by atoms with Gasteiger partial charge in [0.1, 0.15) is 0 Å². The molecule has 1 N–H and O–H groups in total. The molecule has 3 aromatic carbocycles. The number of hydrogen-bond acceptors (Lipinski definition) is 4. The standard InChI is InChI=1S/C21H16ClNO3/c1-2-26-20(25)21(14-8-10-15(22)11-9-14)19(24)17-12-7-13-5-3-4-6-16(13)18(17)23-21/h3-12,23H,2H2,1H3/t21-/m1/s1. The molecule has 1 aliphatic rings. The quantitative estimate of drug-likeness (QED) is 0.546. The maximum Gasteiger partial charge on any atom is 0.344 e. The van der Waals surface area contributed by atoms with Crippen molar-refractivity contribution in [3.63, 3.8) is 0 Å². The zero-order valence-corrected chi connectivity index (χ0v) is 14.8. The number of Topliss-reactive ketones (excluding diaryl/α,β-unsaturated/α-hetero) is 1. The molecule has 130 valence electrons. The van der Waals surface area contributed by atoms with Crippen LogP contribution in [0.2, 0.25) is 5.02 Å². The molecule has 4 nitrogen and oxygen atoms in total. The molecule has 1 heterocycles. The van der Waals surface area contributed by atoms with Gasteiger partial charge < -0.3 is 10.1 Å². The third-order valence-electron chi connectivity index (χ3n) is 4.69. The lowest BCUT2D eigenvalue weighted by atomic mass is 9.85. The van der Waals surface area contributed by atoms with Gasteiger partial charge in [-0.1, -0.05) is 54.1 Å². The second-order valence-electron chi connectivity index (χ2n) is 6.14. The van der Waals surface area contributed by atoms with E-state index in [1.807, 2.05) is 30.3 Å². The molecule has 0 amide bonds. The van der Waals surface area contributed by atoms with Crippen molar-refractivity contribution >= 4 is 39.8 Å². The molecule has 26 heavy (non-hydrogen) atoms. The highest BCUT2D eigenvalue weighted by Gasteiger charge is 2.54. The van der Waals surface area contributed by atoms with Gasteiger partial charge in [0.15, 0.2) is 0 Å². The molecule has 0 aliphatic carbocycles. The highest BCUT2D eigenvalue weighted by Crippen LogP contribution is 2.43. The van der Waals surface area contributed by atoms with E-state index in [9.17, 15) is 9.59 Å². The minimum atomic E-state index is -1.60. The number of ketones is 1. The summed E-state index contributed by atoms with van der Waals surface area (Å²) in [6.07, 6.45) is 0. The van der Waals surface area contributed by atoms with Gasteiger partial charge >= 0.3 is 5.97 Å². The van der Waals surface area contributed by atoms with Crippen molar-refractivity contribution in [1.82, 2.24) is 0 Å². The van der Waals surface area contributed by atoms with Crippen molar-refractivity contribution in [2.45, 2.75) is 12.5 Å².